The van der Waals surface area contributed by atoms with E-state index < -0.39 is 39.7 Å². The molecule has 0 bridgehead atoms. The minimum atomic E-state index is -4.46. The maximum absolute atomic E-state index is 13.7. The van der Waals surface area contributed by atoms with Gasteiger partial charge in [-0.25, -0.2) is 22.8 Å². The molecule has 1 atom stereocenters. The highest BCUT2D eigenvalue weighted by atomic mass is 32.2. The number of amides is 1. The van der Waals surface area contributed by atoms with Crippen LogP contribution in [0.1, 0.15) is 43.7 Å². The highest BCUT2D eigenvalue weighted by Gasteiger charge is 2.56. The van der Waals surface area contributed by atoms with Crippen LogP contribution in [0.15, 0.2) is 35.5 Å². The molecule has 4 rings (SSSR count). The molecule has 11 nitrogen and oxygen atoms in total. The molecular formula is C25H37B5F3N7O4S. The monoisotopic (exact) mass is 643 g/mol. The molecule has 238 valence electrons. The summed E-state index contributed by atoms with van der Waals surface area (Å²) in [6.45, 7) is 7.59. The molecule has 1 aliphatic rings. The zero-order chi connectivity index (χ0) is 34.0. The zero-order valence-corrected chi connectivity index (χ0v) is 28.1. The summed E-state index contributed by atoms with van der Waals surface area (Å²) in [5, 5.41) is 10.2. The number of nitrogens with one attached hydrogen (secondary N) is 2. The molecule has 0 aromatic carbocycles. The molecule has 45 heavy (non-hydrogen) atoms. The summed E-state index contributed by atoms with van der Waals surface area (Å²) < 4.78 is 75.1. The third kappa shape index (κ3) is 6.39. The predicted octanol–water partition coefficient (Wildman–Crippen LogP) is -1.04. The Balaban J connectivity index is 1.77. The van der Waals surface area contributed by atoms with Crippen LogP contribution >= 0.6 is 0 Å². The van der Waals surface area contributed by atoms with E-state index in [0.717, 1.165) is 13.8 Å². The molecule has 1 fully saturated rings. The number of anilines is 1. The lowest BCUT2D eigenvalue weighted by Crippen LogP contribution is -2.49. The van der Waals surface area contributed by atoms with Crippen molar-refractivity contribution in [2.75, 3.05) is 18.1 Å². The number of carbonyl (C=O) groups excluding carboxylic acids is 1. The lowest BCUT2D eigenvalue weighted by atomic mass is 9.28. The molecule has 0 radical (unpaired) electrons. The lowest BCUT2D eigenvalue weighted by molar-refractivity contribution is -0.219. The van der Waals surface area contributed by atoms with Gasteiger partial charge in [-0.2, -0.15) is 18.3 Å². The second-order valence-corrected chi connectivity index (χ2v) is 16.0. The summed E-state index contributed by atoms with van der Waals surface area (Å²) in [5.41, 5.74) is -2.41. The maximum atomic E-state index is 13.7. The number of hydrogen-bond donors (Lipinski definition) is 2. The number of carbonyl (C=O) groups is 1. The Morgan fingerprint density at radius 3 is 2.36 bits per heavy atom. The van der Waals surface area contributed by atoms with Gasteiger partial charge in [0.25, 0.3) is 15.9 Å². The largest absolute Gasteiger partial charge is 0.476 e. The molecule has 1 aliphatic heterocycles. The minimum Gasteiger partial charge on any atom is -0.476 e. The van der Waals surface area contributed by atoms with Gasteiger partial charge in [0.15, 0.2) is 5.82 Å². The van der Waals surface area contributed by atoms with Crippen molar-refractivity contribution in [1.29, 1.82) is 0 Å². The van der Waals surface area contributed by atoms with Crippen LogP contribution in [0.3, 0.4) is 0 Å². The van der Waals surface area contributed by atoms with E-state index in [-0.39, 0.29) is 49.9 Å². The molecule has 0 saturated carbocycles. The Hall–Kier alpha value is -3.30. The van der Waals surface area contributed by atoms with Crippen LogP contribution in [0.25, 0.3) is 5.82 Å². The van der Waals surface area contributed by atoms with Crippen LogP contribution < -0.4 is 14.4 Å². The van der Waals surface area contributed by atoms with Gasteiger partial charge in [0, 0.05) is 30.5 Å². The van der Waals surface area contributed by atoms with Crippen LogP contribution in [0.5, 0.6) is 5.88 Å². The molecular weight excluding hydrogens is 605 g/mol. The van der Waals surface area contributed by atoms with Gasteiger partial charge in [-0.15, -0.1) is 10.2 Å². The predicted molar refractivity (Wildman–Crippen MR) is 178 cm³/mol. The summed E-state index contributed by atoms with van der Waals surface area (Å²) in [6, 6.07) is 4.38. The molecule has 3 aromatic rings. The SMILES string of the molecule is BC(B)(B)[C@@H]1CN(c2nc(-n3ccc(OCC(C)(C)C(F)(F)F)n3)ccc2C(=O)NS(=O)(=O)c2c[nH]nc2C)C(C)(C)C1(B)B. The molecule has 4 heterocycles. The van der Waals surface area contributed by atoms with Crippen LogP contribution in [-0.4, -0.2) is 103 Å². The minimum absolute atomic E-state index is 0.0254. The topological polar surface area (TPSA) is 135 Å². The fraction of sp³-hybridized carbons (Fsp3) is 0.520. The van der Waals surface area contributed by atoms with Crippen molar-refractivity contribution in [1.82, 2.24) is 29.7 Å². The third-order valence-corrected chi connectivity index (χ3v) is 10.8. The van der Waals surface area contributed by atoms with E-state index in [4.69, 9.17) is 9.72 Å². The van der Waals surface area contributed by atoms with Gasteiger partial charge in [-0.05, 0) is 52.7 Å². The number of aryl methyl sites for hydroxylation is 1. The molecule has 0 aliphatic carbocycles. The first kappa shape index (κ1) is 34.6. The standard InChI is InChI=1S/C25H37B5F3N7O4S/c1-13-15(10-34-36-13)45(42,43)38-20(41)14-6-7-17(40-9-8-18(37-40)44-12-21(2,3)25(31,32)33)35-19(14)39-11-16(24(28,29)30)23(26,27)22(39,4)5/h6-10,16H,11-12,26-30H2,1-5H3,(H,34,36)(H,38,41)/t16-/m1/s1. The van der Waals surface area contributed by atoms with Gasteiger partial charge < -0.3 is 9.64 Å². The summed E-state index contributed by atoms with van der Waals surface area (Å²) in [4.78, 5) is 20.4. The number of sulfonamides is 1. The maximum Gasteiger partial charge on any atom is 0.397 e. The molecule has 0 spiro atoms. The fourth-order valence-electron chi connectivity index (χ4n) is 5.77. The summed E-state index contributed by atoms with van der Waals surface area (Å²) in [7, 11) is 6.53. The Morgan fingerprint density at radius 2 is 1.82 bits per heavy atom. The normalized spacial score (nSPS) is 18.6. The number of halogens is 3. The number of nitrogens with zero attached hydrogens (tertiary/aromatic N) is 5. The van der Waals surface area contributed by atoms with Crippen molar-refractivity contribution in [3.05, 3.63) is 41.9 Å². The van der Waals surface area contributed by atoms with E-state index in [1.807, 2.05) is 4.90 Å². The van der Waals surface area contributed by atoms with E-state index in [0.29, 0.717) is 6.54 Å². The van der Waals surface area contributed by atoms with E-state index in [1.165, 1.54) is 42.2 Å². The second-order valence-electron chi connectivity index (χ2n) is 14.4. The molecule has 20 heteroatoms. The number of pyridine rings is 1. The van der Waals surface area contributed by atoms with Gasteiger partial charge in [-0.1, -0.05) is 5.21 Å². The van der Waals surface area contributed by atoms with Crippen LogP contribution in [0, 0.1) is 18.3 Å². The van der Waals surface area contributed by atoms with Gasteiger partial charge in [0.05, 0.1) is 40.2 Å². The van der Waals surface area contributed by atoms with Gasteiger partial charge in [-0.3, -0.25) is 9.89 Å². The molecule has 1 amide bonds. The molecule has 2 N–H and O–H groups in total. The number of aromatic amines is 1. The highest BCUT2D eigenvalue weighted by Crippen LogP contribution is 2.57. The number of hydrogen-bond acceptors (Lipinski definition) is 8. The smallest absolute Gasteiger partial charge is 0.397 e. The Morgan fingerprint density at radius 1 is 1.18 bits per heavy atom. The highest BCUT2D eigenvalue weighted by molar-refractivity contribution is 7.90. The van der Waals surface area contributed by atoms with Crippen LogP contribution in [0.2, 0.25) is 10.3 Å². The molecule has 3 aromatic heterocycles. The fourth-order valence-corrected chi connectivity index (χ4v) is 6.88. The van der Waals surface area contributed by atoms with Crippen molar-refractivity contribution in [2.24, 2.45) is 11.3 Å². The lowest BCUT2D eigenvalue weighted by Gasteiger charge is -2.46. The zero-order valence-electron chi connectivity index (χ0n) is 27.3. The van der Waals surface area contributed by atoms with Gasteiger partial charge in [0.1, 0.15) is 33.0 Å². The second kappa shape index (κ2) is 11.2. The first-order valence-corrected chi connectivity index (χ1v) is 16.0. The Kier molecular flexibility index (Phi) is 8.60. The van der Waals surface area contributed by atoms with E-state index in [1.54, 1.807) is 0 Å². The first-order valence-electron chi connectivity index (χ1n) is 14.5. The summed E-state index contributed by atoms with van der Waals surface area (Å²) in [5.74, 6) is -0.260. The quantitative estimate of drug-likeness (QED) is 0.283. The average Bonchev–Trinajstić information content (AvgIpc) is 3.59. The number of rotatable bonds is 9. The summed E-state index contributed by atoms with van der Waals surface area (Å²) >= 11 is 0. The third-order valence-electron chi connectivity index (χ3n) is 9.34. The van der Waals surface area contributed by atoms with E-state index in [9.17, 15) is 26.4 Å². The number of H-pyrrole nitrogens is 1. The van der Waals surface area contributed by atoms with E-state index >= 15 is 0 Å². The van der Waals surface area contributed by atoms with Crippen molar-refractivity contribution in [3.63, 3.8) is 0 Å². The van der Waals surface area contributed by atoms with E-state index in [2.05, 4.69) is 73.1 Å². The average molecular weight is 643 g/mol. The molecule has 0 unspecified atom stereocenters. The van der Waals surface area contributed by atoms with Crippen molar-refractivity contribution >= 4 is 61.0 Å². The first-order chi connectivity index (χ1) is 20.4. The van der Waals surface area contributed by atoms with Crippen molar-refractivity contribution < 1.29 is 31.1 Å². The van der Waals surface area contributed by atoms with Gasteiger partial charge in [0.2, 0.25) is 5.88 Å². The number of ether oxygens (including phenoxy) is 1. The Labute approximate surface area is 265 Å². The van der Waals surface area contributed by atoms with Gasteiger partial charge >= 0.3 is 6.18 Å². The van der Waals surface area contributed by atoms with Crippen molar-refractivity contribution in [3.8, 4) is 11.7 Å². The number of aromatic nitrogens is 5. The molecule has 1 saturated heterocycles. The summed E-state index contributed by atoms with van der Waals surface area (Å²) in [6.07, 6.45) is -1.78. The van der Waals surface area contributed by atoms with Crippen LogP contribution in [-0.2, 0) is 10.0 Å². The van der Waals surface area contributed by atoms with Crippen LogP contribution in [0.4, 0.5) is 19.0 Å². The number of alkyl halides is 3. The van der Waals surface area contributed by atoms with Crippen molar-refractivity contribution in [2.45, 2.75) is 61.6 Å². The Bertz CT molecular complexity index is 1700.